The highest BCUT2D eigenvalue weighted by Gasteiger charge is 2.07. The Balaban J connectivity index is 2.15. The third-order valence-corrected chi connectivity index (χ3v) is 2.74. The molecule has 1 amide bonds. The van der Waals surface area contributed by atoms with Crippen LogP contribution in [0.2, 0.25) is 0 Å². The number of hydrogen-bond acceptors (Lipinski definition) is 4. The van der Waals surface area contributed by atoms with Crippen LogP contribution in [0.1, 0.15) is 10.4 Å². The number of anilines is 1. The molecule has 0 aliphatic heterocycles. The van der Waals surface area contributed by atoms with E-state index in [9.17, 15) is 4.79 Å². The van der Waals surface area contributed by atoms with Crippen molar-refractivity contribution in [3.63, 3.8) is 0 Å². The second-order valence-corrected chi connectivity index (χ2v) is 4.41. The molecule has 15 heavy (non-hydrogen) atoms. The Morgan fingerprint density at radius 3 is 3.00 bits per heavy atom. The number of carbonyl (C=O) groups excluding carboxylic acids is 1. The van der Waals surface area contributed by atoms with Crippen molar-refractivity contribution >= 4 is 38.5 Å². The number of amides is 1. The van der Waals surface area contributed by atoms with Crippen LogP contribution in [-0.2, 0) is 0 Å². The van der Waals surface area contributed by atoms with E-state index in [1.54, 1.807) is 18.2 Å². The van der Waals surface area contributed by atoms with Crippen molar-refractivity contribution in [3.8, 4) is 0 Å². The Kier molecular flexibility index (Phi) is 3.08. The molecule has 1 heterocycles. The van der Waals surface area contributed by atoms with Crippen LogP contribution >= 0.6 is 27.5 Å². The molecule has 1 aromatic carbocycles. The molecule has 0 bridgehead atoms. The first-order valence-corrected chi connectivity index (χ1v) is 5.66. The van der Waals surface area contributed by atoms with Gasteiger partial charge in [-0.3, -0.25) is 10.1 Å². The van der Waals surface area contributed by atoms with Gasteiger partial charge >= 0.3 is 0 Å². The van der Waals surface area contributed by atoms with Gasteiger partial charge in [-0.2, -0.15) is 4.37 Å². The maximum Gasteiger partial charge on any atom is 0.257 e. The molecule has 0 fully saturated rings. The summed E-state index contributed by atoms with van der Waals surface area (Å²) in [5.41, 5.74) is 0.583. The molecule has 4 nitrogen and oxygen atoms in total. The predicted molar refractivity (Wildman–Crippen MR) is 62.0 cm³/mol. The van der Waals surface area contributed by atoms with Crippen LogP contribution in [0.25, 0.3) is 0 Å². The summed E-state index contributed by atoms with van der Waals surface area (Å²) in [7, 11) is 0. The zero-order chi connectivity index (χ0) is 10.7. The average molecular weight is 284 g/mol. The topological polar surface area (TPSA) is 54.9 Å². The van der Waals surface area contributed by atoms with Gasteiger partial charge in [-0.25, -0.2) is 4.98 Å². The zero-order valence-corrected chi connectivity index (χ0v) is 9.88. The van der Waals surface area contributed by atoms with E-state index in [-0.39, 0.29) is 5.91 Å². The number of hydrogen-bond donors (Lipinski definition) is 1. The summed E-state index contributed by atoms with van der Waals surface area (Å²) in [4.78, 5) is 15.5. The van der Waals surface area contributed by atoms with Gasteiger partial charge in [0.2, 0.25) is 5.13 Å². The SMILES string of the molecule is O=C(Nc1ncns1)c1cccc(Br)c1. The Morgan fingerprint density at radius 2 is 2.33 bits per heavy atom. The van der Waals surface area contributed by atoms with Crippen LogP contribution in [-0.4, -0.2) is 15.3 Å². The fourth-order valence-electron chi connectivity index (χ4n) is 1.03. The van der Waals surface area contributed by atoms with Gasteiger partial charge in [-0.15, -0.1) is 0 Å². The molecule has 1 N–H and O–H groups in total. The van der Waals surface area contributed by atoms with Crippen LogP contribution in [0.15, 0.2) is 35.1 Å². The monoisotopic (exact) mass is 283 g/mol. The molecule has 2 aromatic rings. The van der Waals surface area contributed by atoms with E-state index < -0.39 is 0 Å². The third kappa shape index (κ3) is 2.60. The molecular formula is C9H6BrN3OS. The summed E-state index contributed by atoms with van der Waals surface area (Å²) in [5, 5.41) is 3.15. The van der Waals surface area contributed by atoms with E-state index in [0.717, 1.165) is 16.0 Å². The fraction of sp³-hybridized carbons (Fsp3) is 0. The standard InChI is InChI=1S/C9H6BrN3OS/c10-7-3-1-2-6(4-7)8(14)13-9-11-5-12-15-9/h1-5H,(H,11,12,13,14). The van der Waals surface area contributed by atoms with Gasteiger partial charge in [0.15, 0.2) is 0 Å². The molecule has 0 radical (unpaired) electrons. The van der Waals surface area contributed by atoms with Gasteiger partial charge < -0.3 is 0 Å². The first-order chi connectivity index (χ1) is 7.25. The largest absolute Gasteiger partial charge is 0.297 e. The maximum atomic E-state index is 11.7. The first kappa shape index (κ1) is 10.3. The van der Waals surface area contributed by atoms with Crippen molar-refractivity contribution in [2.45, 2.75) is 0 Å². The highest BCUT2D eigenvalue weighted by molar-refractivity contribution is 9.10. The van der Waals surface area contributed by atoms with Crippen molar-refractivity contribution in [3.05, 3.63) is 40.6 Å². The van der Waals surface area contributed by atoms with Crippen LogP contribution < -0.4 is 5.32 Å². The van der Waals surface area contributed by atoms with E-state index >= 15 is 0 Å². The van der Waals surface area contributed by atoms with E-state index in [1.165, 1.54) is 6.33 Å². The normalized spacial score (nSPS) is 9.93. The molecule has 0 atom stereocenters. The number of carbonyl (C=O) groups is 1. The van der Waals surface area contributed by atoms with Crippen molar-refractivity contribution in [2.75, 3.05) is 5.32 Å². The van der Waals surface area contributed by atoms with Crippen molar-refractivity contribution in [1.82, 2.24) is 9.36 Å². The lowest BCUT2D eigenvalue weighted by atomic mass is 10.2. The van der Waals surface area contributed by atoms with Crippen LogP contribution in [0, 0.1) is 0 Å². The summed E-state index contributed by atoms with van der Waals surface area (Å²) in [6.45, 7) is 0. The molecule has 2 rings (SSSR count). The van der Waals surface area contributed by atoms with Crippen LogP contribution in [0.3, 0.4) is 0 Å². The average Bonchev–Trinajstić information content (AvgIpc) is 2.70. The molecule has 0 aliphatic carbocycles. The van der Waals surface area contributed by atoms with Crippen molar-refractivity contribution in [2.24, 2.45) is 0 Å². The Hall–Kier alpha value is -1.27. The summed E-state index contributed by atoms with van der Waals surface area (Å²) in [5.74, 6) is -0.187. The second-order valence-electron chi connectivity index (χ2n) is 2.71. The first-order valence-electron chi connectivity index (χ1n) is 4.09. The highest BCUT2D eigenvalue weighted by atomic mass is 79.9. The van der Waals surface area contributed by atoms with Gasteiger partial charge in [0.05, 0.1) is 0 Å². The number of nitrogens with zero attached hydrogens (tertiary/aromatic N) is 2. The van der Waals surface area contributed by atoms with E-state index in [4.69, 9.17) is 0 Å². The Labute approximate surface area is 98.7 Å². The number of nitrogens with one attached hydrogen (secondary N) is 1. The predicted octanol–water partition coefficient (Wildman–Crippen LogP) is 2.55. The number of rotatable bonds is 2. The lowest BCUT2D eigenvalue weighted by Crippen LogP contribution is -2.11. The Morgan fingerprint density at radius 1 is 1.47 bits per heavy atom. The fourth-order valence-corrected chi connectivity index (χ4v) is 1.85. The highest BCUT2D eigenvalue weighted by Crippen LogP contribution is 2.14. The lowest BCUT2D eigenvalue weighted by Gasteiger charge is -2.00. The Bertz CT molecular complexity index is 472. The molecule has 0 saturated carbocycles. The van der Waals surface area contributed by atoms with Gasteiger partial charge in [0.25, 0.3) is 5.91 Å². The summed E-state index contributed by atoms with van der Waals surface area (Å²) in [6.07, 6.45) is 1.40. The zero-order valence-electron chi connectivity index (χ0n) is 7.48. The van der Waals surface area contributed by atoms with Gasteiger partial charge in [-0.05, 0) is 18.2 Å². The summed E-state index contributed by atoms with van der Waals surface area (Å²) >= 11 is 4.45. The second kappa shape index (κ2) is 4.50. The van der Waals surface area contributed by atoms with Gasteiger partial charge in [-0.1, -0.05) is 22.0 Å². The lowest BCUT2D eigenvalue weighted by molar-refractivity contribution is 0.102. The number of benzene rings is 1. The van der Waals surface area contributed by atoms with Crippen LogP contribution in [0.5, 0.6) is 0 Å². The van der Waals surface area contributed by atoms with E-state index in [0.29, 0.717) is 10.7 Å². The molecule has 0 saturated heterocycles. The van der Waals surface area contributed by atoms with Gasteiger partial charge in [0, 0.05) is 21.6 Å². The van der Waals surface area contributed by atoms with Crippen LogP contribution in [0.4, 0.5) is 5.13 Å². The minimum Gasteiger partial charge on any atom is -0.297 e. The van der Waals surface area contributed by atoms with Crippen molar-refractivity contribution < 1.29 is 4.79 Å². The summed E-state index contributed by atoms with van der Waals surface area (Å²) < 4.78 is 4.66. The molecular weight excluding hydrogens is 278 g/mol. The van der Waals surface area contributed by atoms with E-state index in [1.807, 2.05) is 6.07 Å². The number of aromatic nitrogens is 2. The summed E-state index contributed by atoms with van der Waals surface area (Å²) in [6, 6.07) is 7.15. The van der Waals surface area contributed by atoms with Crippen molar-refractivity contribution in [1.29, 1.82) is 0 Å². The maximum absolute atomic E-state index is 11.7. The molecule has 0 aliphatic rings. The quantitative estimate of drug-likeness (QED) is 0.922. The molecule has 0 unspecified atom stereocenters. The third-order valence-electron chi connectivity index (χ3n) is 1.67. The molecule has 6 heteroatoms. The number of halogens is 1. The molecule has 0 spiro atoms. The minimum atomic E-state index is -0.187. The minimum absolute atomic E-state index is 0.187. The molecule has 1 aromatic heterocycles. The van der Waals surface area contributed by atoms with E-state index in [2.05, 4.69) is 30.6 Å². The molecule has 76 valence electrons. The smallest absolute Gasteiger partial charge is 0.257 e. The van der Waals surface area contributed by atoms with Gasteiger partial charge in [0.1, 0.15) is 6.33 Å².